The monoisotopic (exact) mass is 437 g/mol. The molecule has 0 aliphatic heterocycles. The number of benzene rings is 1. The summed E-state index contributed by atoms with van der Waals surface area (Å²) in [6, 6.07) is 16.0. The first-order valence-corrected chi connectivity index (χ1v) is 8.94. The average molecular weight is 438 g/mol. The molecule has 0 unspecified atom stereocenters. The lowest BCUT2D eigenvalue weighted by Crippen LogP contribution is -2.17. The molecule has 4 rings (SSSR count). The molecular formula is C19H12BrN5O3. The number of pyridine rings is 1. The fourth-order valence-electron chi connectivity index (χ4n) is 2.43. The molecule has 138 valence electrons. The van der Waals surface area contributed by atoms with Crippen molar-refractivity contribution in [3.63, 3.8) is 0 Å². The Balaban J connectivity index is 1.77. The fourth-order valence-corrected chi connectivity index (χ4v) is 2.76. The zero-order valence-corrected chi connectivity index (χ0v) is 15.9. The van der Waals surface area contributed by atoms with Gasteiger partial charge in [0.1, 0.15) is 10.4 Å². The lowest BCUT2D eigenvalue weighted by Gasteiger charge is -2.10. The van der Waals surface area contributed by atoms with Gasteiger partial charge in [-0.3, -0.25) is 0 Å². The standard InChI is InChI=1S/C19H12BrN5O3/c20-17-16(9-4-10-21-17)28-19(26)15(12-14-8-5-11-27-14)25-18(22-23-24-25)13-6-2-1-3-7-13/h1-12H. The minimum atomic E-state index is -0.672. The lowest BCUT2D eigenvalue weighted by molar-refractivity contribution is -0.128. The number of hydrogen-bond donors (Lipinski definition) is 0. The van der Waals surface area contributed by atoms with Gasteiger partial charge in [0, 0.05) is 17.8 Å². The highest BCUT2D eigenvalue weighted by atomic mass is 79.9. The second kappa shape index (κ2) is 7.97. The second-order valence-corrected chi connectivity index (χ2v) is 6.26. The first-order valence-electron chi connectivity index (χ1n) is 8.14. The number of carbonyl (C=O) groups excluding carboxylic acids is 1. The van der Waals surface area contributed by atoms with Crippen LogP contribution in [-0.2, 0) is 4.79 Å². The van der Waals surface area contributed by atoms with Gasteiger partial charge in [0.2, 0.25) is 0 Å². The van der Waals surface area contributed by atoms with Crippen molar-refractivity contribution in [2.45, 2.75) is 0 Å². The van der Waals surface area contributed by atoms with E-state index < -0.39 is 5.97 Å². The first kappa shape index (κ1) is 17.8. The van der Waals surface area contributed by atoms with Crippen molar-refractivity contribution in [1.82, 2.24) is 25.2 Å². The highest BCUT2D eigenvalue weighted by molar-refractivity contribution is 9.10. The molecule has 0 fully saturated rings. The summed E-state index contributed by atoms with van der Waals surface area (Å²) in [5.41, 5.74) is 0.822. The number of nitrogens with zero attached hydrogens (tertiary/aromatic N) is 5. The predicted octanol–water partition coefficient (Wildman–Crippen LogP) is 3.69. The van der Waals surface area contributed by atoms with Gasteiger partial charge in [0.25, 0.3) is 0 Å². The van der Waals surface area contributed by atoms with Gasteiger partial charge < -0.3 is 9.15 Å². The molecule has 1 aromatic carbocycles. The van der Waals surface area contributed by atoms with E-state index >= 15 is 0 Å². The number of halogens is 1. The van der Waals surface area contributed by atoms with Crippen LogP contribution in [0.1, 0.15) is 5.76 Å². The molecule has 0 bridgehead atoms. The van der Waals surface area contributed by atoms with Gasteiger partial charge in [-0.25, -0.2) is 9.78 Å². The average Bonchev–Trinajstić information content (AvgIpc) is 3.40. The van der Waals surface area contributed by atoms with Crippen molar-refractivity contribution in [3.05, 3.63) is 77.4 Å². The Morgan fingerprint density at radius 1 is 1.11 bits per heavy atom. The predicted molar refractivity (Wildman–Crippen MR) is 104 cm³/mol. The van der Waals surface area contributed by atoms with E-state index in [-0.39, 0.29) is 11.4 Å². The minimum Gasteiger partial charge on any atom is -0.465 e. The zero-order chi connectivity index (χ0) is 19.3. The van der Waals surface area contributed by atoms with Crippen molar-refractivity contribution >= 4 is 33.7 Å². The Hall–Kier alpha value is -3.59. The van der Waals surface area contributed by atoms with E-state index in [1.54, 1.807) is 30.5 Å². The van der Waals surface area contributed by atoms with Crippen molar-refractivity contribution in [2.75, 3.05) is 0 Å². The van der Waals surface area contributed by atoms with Gasteiger partial charge in [0.05, 0.1) is 6.26 Å². The molecule has 4 aromatic rings. The quantitative estimate of drug-likeness (QED) is 0.266. The third kappa shape index (κ3) is 3.74. The number of furan rings is 1. The summed E-state index contributed by atoms with van der Waals surface area (Å²) in [4.78, 5) is 17.0. The largest absolute Gasteiger partial charge is 0.465 e. The van der Waals surface area contributed by atoms with Gasteiger partial charge >= 0.3 is 5.97 Å². The van der Waals surface area contributed by atoms with Gasteiger partial charge in [0.15, 0.2) is 17.3 Å². The van der Waals surface area contributed by atoms with E-state index in [0.717, 1.165) is 5.56 Å². The van der Waals surface area contributed by atoms with Gasteiger partial charge in [-0.15, -0.1) is 5.10 Å². The van der Waals surface area contributed by atoms with Crippen molar-refractivity contribution in [3.8, 4) is 17.1 Å². The Bertz CT molecular complexity index is 1120. The number of carbonyl (C=O) groups is 1. The fraction of sp³-hybridized carbons (Fsp3) is 0. The number of esters is 1. The van der Waals surface area contributed by atoms with Crippen LogP contribution in [0.25, 0.3) is 23.2 Å². The Labute approximate surface area is 167 Å². The molecule has 28 heavy (non-hydrogen) atoms. The lowest BCUT2D eigenvalue weighted by atomic mass is 10.2. The molecule has 0 saturated carbocycles. The van der Waals surface area contributed by atoms with Crippen LogP contribution in [0.4, 0.5) is 0 Å². The maximum Gasteiger partial charge on any atom is 0.362 e. The van der Waals surface area contributed by atoms with Crippen LogP contribution in [0, 0.1) is 0 Å². The second-order valence-electron chi connectivity index (χ2n) is 5.51. The molecule has 0 amide bonds. The topological polar surface area (TPSA) is 95.9 Å². The summed E-state index contributed by atoms with van der Waals surface area (Å²) < 4.78 is 12.6. The smallest absolute Gasteiger partial charge is 0.362 e. The van der Waals surface area contributed by atoms with Crippen molar-refractivity contribution in [1.29, 1.82) is 0 Å². The molecule has 8 nitrogen and oxygen atoms in total. The summed E-state index contributed by atoms with van der Waals surface area (Å²) in [5, 5.41) is 11.7. The third-order valence-corrected chi connectivity index (χ3v) is 4.28. The molecule has 0 atom stereocenters. The van der Waals surface area contributed by atoms with Crippen LogP contribution in [0.15, 0.2) is 76.1 Å². The van der Waals surface area contributed by atoms with E-state index in [2.05, 4.69) is 36.4 Å². The maximum atomic E-state index is 13.0. The number of aromatic nitrogens is 5. The van der Waals surface area contributed by atoms with Crippen LogP contribution < -0.4 is 4.74 Å². The molecule has 3 heterocycles. The first-order chi connectivity index (χ1) is 13.7. The molecule has 0 radical (unpaired) electrons. The van der Waals surface area contributed by atoms with Crippen molar-refractivity contribution in [2.24, 2.45) is 0 Å². The van der Waals surface area contributed by atoms with E-state index in [1.165, 1.54) is 17.0 Å². The molecule has 0 aliphatic rings. The Morgan fingerprint density at radius 2 is 1.96 bits per heavy atom. The molecule has 3 aromatic heterocycles. The maximum absolute atomic E-state index is 13.0. The minimum absolute atomic E-state index is 0.0783. The van der Waals surface area contributed by atoms with Crippen molar-refractivity contribution < 1.29 is 13.9 Å². The van der Waals surface area contributed by atoms with Crippen LogP contribution >= 0.6 is 15.9 Å². The highest BCUT2D eigenvalue weighted by Gasteiger charge is 2.22. The van der Waals surface area contributed by atoms with E-state index in [0.29, 0.717) is 16.2 Å². The van der Waals surface area contributed by atoms with Crippen LogP contribution in [-0.4, -0.2) is 31.2 Å². The Morgan fingerprint density at radius 3 is 2.71 bits per heavy atom. The summed E-state index contributed by atoms with van der Waals surface area (Å²) in [7, 11) is 0. The van der Waals surface area contributed by atoms with Gasteiger partial charge in [-0.2, -0.15) is 4.68 Å². The number of rotatable bonds is 5. The molecule has 9 heteroatoms. The normalized spacial score (nSPS) is 11.4. The van der Waals surface area contributed by atoms with Gasteiger partial charge in [-0.05, 0) is 50.6 Å². The molecule has 0 saturated heterocycles. The Kier molecular flexibility index (Phi) is 5.07. The molecule has 0 spiro atoms. The summed E-state index contributed by atoms with van der Waals surface area (Å²) in [6.07, 6.45) is 4.59. The summed E-state index contributed by atoms with van der Waals surface area (Å²) in [5.74, 6) is 0.439. The van der Waals surface area contributed by atoms with Crippen LogP contribution in [0.2, 0.25) is 0 Å². The number of hydrogen-bond acceptors (Lipinski definition) is 7. The summed E-state index contributed by atoms with van der Waals surface area (Å²) in [6.45, 7) is 0. The van der Waals surface area contributed by atoms with E-state index in [9.17, 15) is 4.79 Å². The van der Waals surface area contributed by atoms with Gasteiger partial charge in [-0.1, -0.05) is 30.3 Å². The molecule has 0 N–H and O–H groups in total. The van der Waals surface area contributed by atoms with E-state index in [1.807, 2.05) is 30.3 Å². The highest BCUT2D eigenvalue weighted by Crippen LogP contribution is 2.25. The molecule has 0 aliphatic carbocycles. The third-order valence-electron chi connectivity index (χ3n) is 3.69. The van der Waals surface area contributed by atoms with Crippen LogP contribution in [0.5, 0.6) is 5.75 Å². The van der Waals surface area contributed by atoms with Crippen LogP contribution in [0.3, 0.4) is 0 Å². The summed E-state index contributed by atoms with van der Waals surface area (Å²) >= 11 is 3.26. The zero-order valence-electron chi connectivity index (χ0n) is 14.3. The molecular weight excluding hydrogens is 426 g/mol. The number of tetrazole rings is 1. The SMILES string of the molecule is O=C(Oc1cccnc1Br)C(=Cc1ccco1)n1nnnc1-c1ccccc1. The van der Waals surface area contributed by atoms with E-state index in [4.69, 9.17) is 9.15 Å². The number of ether oxygens (including phenoxy) is 1.